The van der Waals surface area contributed by atoms with Crippen molar-refractivity contribution in [2.24, 2.45) is 0 Å². The van der Waals surface area contributed by atoms with Crippen LogP contribution in [-0.2, 0) is 0 Å². The Kier molecular flexibility index (Phi) is 3.90. The van der Waals surface area contributed by atoms with E-state index in [4.69, 9.17) is 11.6 Å². The molecule has 0 fully saturated rings. The molecule has 0 radical (unpaired) electrons. The molecule has 1 aliphatic heterocycles. The molecule has 1 amide bonds. The highest BCUT2D eigenvalue weighted by Gasteiger charge is 2.34. The van der Waals surface area contributed by atoms with Gasteiger partial charge < -0.3 is 5.32 Å². The van der Waals surface area contributed by atoms with Crippen LogP contribution < -0.4 is 10.2 Å². The molecule has 5 heteroatoms. The van der Waals surface area contributed by atoms with E-state index in [1.54, 1.807) is 29.2 Å². The topological polar surface area (TPSA) is 32.3 Å². The van der Waals surface area contributed by atoms with Gasteiger partial charge in [0.25, 0.3) is 5.91 Å². The molecule has 0 spiro atoms. The van der Waals surface area contributed by atoms with Crippen LogP contribution in [0.2, 0.25) is 5.02 Å². The minimum Gasteiger partial charge on any atom is -0.360 e. The Morgan fingerprint density at radius 1 is 0.960 bits per heavy atom. The van der Waals surface area contributed by atoms with Crippen molar-refractivity contribution in [2.45, 2.75) is 6.17 Å². The van der Waals surface area contributed by atoms with Crippen molar-refractivity contribution in [2.75, 3.05) is 10.2 Å². The molecule has 1 unspecified atom stereocenters. The monoisotopic (exact) mass is 352 g/mol. The van der Waals surface area contributed by atoms with Gasteiger partial charge in [-0.15, -0.1) is 0 Å². The van der Waals surface area contributed by atoms with Gasteiger partial charge in [0.05, 0.1) is 5.56 Å². The summed E-state index contributed by atoms with van der Waals surface area (Å²) in [5, 5.41) is 3.97. The van der Waals surface area contributed by atoms with E-state index in [1.807, 2.05) is 36.4 Å². The van der Waals surface area contributed by atoms with Crippen LogP contribution in [-0.4, -0.2) is 5.91 Å². The van der Waals surface area contributed by atoms with Gasteiger partial charge in [0, 0.05) is 16.4 Å². The number of fused-ring (bicyclic) bond motifs is 1. The fourth-order valence-corrected chi connectivity index (χ4v) is 3.23. The highest BCUT2D eigenvalue weighted by molar-refractivity contribution is 6.30. The third-order valence-electron chi connectivity index (χ3n) is 4.20. The van der Waals surface area contributed by atoms with Crippen molar-refractivity contribution >= 4 is 28.9 Å². The van der Waals surface area contributed by atoms with Crippen LogP contribution in [0.5, 0.6) is 0 Å². The van der Waals surface area contributed by atoms with Crippen LogP contribution in [0.3, 0.4) is 0 Å². The third-order valence-corrected chi connectivity index (χ3v) is 4.43. The fourth-order valence-electron chi connectivity index (χ4n) is 3.03. The summed E-state index contributed by atoms with van der Waals surface area (Å²) in [6, 6.07) is 20.6. The van der Waals surface area contributed by atoms with Gasteiger partial charge in [-0.05, 0) is 54.1 Å². The molecule has 0 aromatic heterocycles. The molecule has 0 saturated carbocycles. The Bertz CT molecular complexity index is 942. The summed E-state index contributed by atoms with van der Waals surface area (Å²) < 4.78 is 13.3. The van der Waals surface area contributed by atoms with E-state index in [0.29, 0.717) is 16.3 Å². The molecule has 1 atom stereocenters. The van der Waals surface area contributed by atoms with Crippen molar-refractivity contribution in [1.29, 1.82) is 0 Å². The molecule has 1 heterocycles. The maximum absolute atomic E-state index is 13.3. The molecule has 3 nitrogen and oxygen atoms in total. The van der Waals surface area contributed by atoms with Gasteiger partial charge >= 0.3 is 0 Å². The van der Waals surface area contributed by atoms with E-state index < -0.39 is 6.17 Å². The standard InChI is InChI=1S/C20H14ClFN2O/c21-14-5-3-4-13(12-14)19-23-18-7-2-1-6-17(18)20(25)24(19)16-10-8-15(22)9-11-16/h1-12,19,23H. The minimum atomic E-state index is -0.438. The number of para-hydroxylation sites is 1. The molecule has 124 valence electrons. The second-order valence-electron chi connectivity index (χ2n) is 5.80. The Balaban J connectivity index is 1.87. The highest BCUT2D eigenvalue weighted by Crippen LogP contribution is 2.37. The first kappa shape index (κ1) is 15.7. The molecule has 3 aromatic carbocycles. The molecule has 0 saturated heterocycles. The Labute approximate surface area is 149 Å². The van der Waals surface area contributed by atoms with Gasteiger partial charge in [0.15, 0.2) is 0 Å². The second kappa shape index (κ2) is 6.22. The number of rotatable bonds is 2. The summed E-state index contributed by atoms with van der Waals surface area (Å²) in [6.07, 6.45) is -0.438. The third kappa shape index (κ3) is 2.85. The normalized spacial score (nSPS) is 16.3. The van der Waals surface area contributed by atoms with Gasteiger partial charge in [-0.2, -0.15) is 0 Å². The molecule has 1 N–H and O–H groups in total. The maximum atomic E-state index is 13.3. The summed E-state index contributed by atoms with van der Waals surface area (Å²) in [6.45, 7) is 0. The first-order chi connectivity index (χ1) is 12.1. The van der Waals surface area contributed by atoms with Crippen molar-refractivity contribution in [3.05, 3.63) is 94.8 Å². The first-order valence-electron chi connectivity index (χ1n) is 7.83. The van der Waals surface area contributed by atoms with Crippen molar-refractivity contribution in [3.63, 3.8) is 0 Å². The quantitative estimate of drug-likeness (QED) is 0.683. The van der Waals surface area contributed by atoms with Crippen LogP contribution in [0.25, 0.3) is 0 Å². The van der Waals surface area contributed by atoms with Crippen LogP contribution in [0.15, 0.2) is 72.8 Å². The number of anilines is 2. The molecule has 1 aliphatic rings. The van der Waals surface area contributed by atoms with Crippen molar-refractivity contribution in [1.82, 2.24) is 0 Å². The number of nitrogens with zero attached hydrogens (tertiary/aromatic N) is 1. The number of carbonyl (C=O) groups excluding carboxylic acids is 1. The fraction of sp³-hybridized carbons (Fsp3) is 0.0500. The summed E-state index contributed by atoms with van der Waals surface area (Å²) in [5.74, 6) is -0.494. The van der Waals surface area contributed by atoms with Crippen LogP contribution in [0.4, 0.5) is 15.8 Å². The number of carbonyl (C=O) groups is 1. The predicted molar refractivity (Wildman–Crippen MR) is 97.5 cm³/mol. The Hall–Kier alpha value is -2.85. The van der Waals surface area contributed by atoms with Crippen LogP contribution >= 0.6 is 11.6 Å². The van der Waals surface area contributed by atoms with Gasteiger partial charge in [0.2, 0.25) is 0 Å². The largest absolute Gasteiger partial charge is 0.360 e. The molecule has 25 heavy (non-hydrogen) atoms. The molecule has 0 bridgehead atoms. The van der Waals surface area contributed by atoms with E-state index in [1.165, 1.54) is 12.1 Å². The lowest BCUT2D eigenvalue weighted by Gasteiger charge is -2.38. The van der Waals surface area contributed by atoms with E-state index >= 15 is 0 Å². The average molecular weight is 353 g/mol. The Morgan fingerprint density at radius 2 is 1.72 bits per heavy atom. The molecule has 4 rings (SSSR count). The number of benzene rings is 3. The van der Waals surface area contributed by atoms with Crippen LogP contribution in [0.1, 0.15) is 22.1 Å². The summed E-state index contributed by atoms with van der Waals surface area (Å²) in [5.41, 5.74) is 2.79. The number of hydrogen-bond donors (Lipinski definition) is 1. The van der Waals surface area contributed by atoms with Crippen molar-refractivity contribution < 1.29 is 9.18 Å². The SMILES string of the molecule is O=C1c2ccccc2NC(c2cccc(Cl)c2)N1c1ccc(F)cc1. The smallest absolute Gasteiger partial charge is 0.262 e. The number of nitrogens with one attached hydrogen (secondary N) is 1. The van der Waals surface area contributed by atoms with Crippen molar-refractivity contribution in [3.8, 4) is 0 Å². The first-order valence-corrected chi connectivity index (χ1v) is 8.21. The Morgan fingerprint density at radius 3 is 2.48 bits per heavy atom. The van der Waals surface area contributed by atoms with Gasteiger partial charge in [-0.25, -0.2) is 4.39 Å². The highest BCUT2D eigenvalue weighted by atomic mass is 35.5. The van der Waals surface area contributed by atoms with E-state index in [2.05, 4.69) is 5.32 Å². The zero-order valence-corrected chi connectivity index (χ0v) is 13.9. The zero-order valence-electron chi connectivity index (χ0n) is 13.1. The lowest BCUT2D eigenvalue weighted by Crippen LogP contribution is -2.43. The lowest BCUT2D eigenvalue weighted by molar-refractivity contribution is 0.0975. The average Bonchev–Trinajstić information content (AvgIpc) is 2.63. The number of halogens is 2. The second-order valence-corrected chi connectivity index (χ2v) is 6.24. The summed E-state index contributed by atoms with van der Waals surface area (Å²) in [4.78, 5) is 14.7. The zero-order chi connectivity index (χ0) is 17.4. The maximum Gasteiger partial charge on any atom is 0.262 e. The van der Waals surface area contributed by atoms with E-state index in [9.17, 15) is 9.18 Å². The minimum absolute atomic E-state index is 0.147. The molecular weight excluding hydrogens is 339 g/mol. The molecule has 0 aliphatic carbocycles. The predicted octanol–water partition coefficient (Wildman–Crippen LogP) is 5.25. The van der Waals surface area contributed by atoms with E-state index in [-0.39, 0.29) is 11.7 Å². The van der Waals surface area contributed by atoms with Gasteiger partial charge in [-0.3, -0.25) is 9.69 Å². The summed E-state index contributed by atoms with van der Waals surface area (Å²) in [7, 11) is 0. The van der Waals surface area contributed by atoms with Gasteiger partial charge in [-0.1, -0.05) is 35.9 Å². The molecular formula is C20H14ClFN2O. The van der Waals surface area contributed by atoms with Gasteiger partial charge in [0.1, 0.15) is 12.0 Å². The van der Waals surface area contributed by atoms with Crippen LogP contribution in [0, 0.1) is 5.82 Å². The lowest BCUT2D eigenvalue weighted by atomic mass is 10.0. The summed E-state index contributed by atoms with van der Waals surface area (Å²) >= 11 is 6.13. The van der Waals surface area contributed by atoms with E-state index in [0.717, 1.165) is 11.3 Å². The number of hydrogen-bond acceptors (Lipinski definition) is 2. The number of amides is 1. The molecule has 3 aromatic rings.